The summed E-state index contributed by atoms with van der Waals surface area (Å²) in [4.78, 5) is 0. The molecule has 0 aliphatic rings. The van der Waals surface area contributed by atoms with Crippen LogP contribution >= 0.6 is 0 Å². The molecule has 0 radical (unpaired) electrons. The Morgan fingerprint density at radius 3 is 2.33 bits per heavy atom. The molecule has 0 rings (SSSR count). The van der Waals surface area contributed by atoms with Gasteiger partial charge in [0, 0.05) is 33.4 Å². The topological polar surface area (TPSA) is 33.3 Å². The zero-order valence-electron chi connectivity index (χ0n) is 10.9. The molecule has 3 heteroatoms. The van der Waals surface area contributed by atoms with Crippen LogP contribution in [-0.4, -0.2) is 39.9 Å². The van der Waals surface area contributed by atoms with Gasteiger partial charge in [-0.05, 0) is 24.8 Å². The first-order chi connectivity index (χ1) is 7.12. The van der Waals surface area contributed by atoms with E-state index in [1.165, 1.54) is 6.42 Å². The summed E-state index contributed by atoms with van der Waals surface area (Å²) in [6, 6.07) is 0. The molecule has 0 spiro atoms. The fraction of sp³-hybridized carbons (Fsp3) is 1.00. The predicted molar refractivity (Wildman–Crippen MR) is 66.3 cm³/mol. The van der Waals surface area contributed by atoms with Crippen LogP contribution in [0.15, 0.2) is 0 Å². The molecule has 0 amide bonds. The van der Waals surface area contributed by atoms with Crippen molar-refractivity contribution in [3.05, 3.63) is 0 Å². The van der Waals surface area contributed by atoms with Gasteiger partial charge in [-0.15, -0.1) is 0 Å². The Kier molecular flexibility index (Phi) is 9.06. The van der Waals surface area contributed by atoms with Crippen LogP contribution in [0.2, 0.25) is 0 Å². The minimum atomic E-state index is 0.334. The summed E-state index contributed by atoms with van der Waals surface area (Å²) in [5.74, 6) is 0. The quantitative estimate of drug-likeness (QED) is 0.545. The summed E-state index contributed by atoms with van der Waals surface area (Å²) in [6.45, 7) is 11.9. The van der Waals surface area contributed by atoms with Crippen molar-refractivity contribution < 1.29 is 4.74 Å². The van der Waals surface area contributed by atoms with Gasteiger partial charge in [-0.25, -0.2) is 0 Å². The molecule has 0 bridgehead atoms. The molecule has 0 atom stereocenters. The van der Waals surface area contributed by atoms with Crippen molar-refractivity contribution in [2.24, 2.45) is 5.41 Å². The molecule has 0 unspecified atom stereocenters. The molecule has 2 N–H and O–H groups in total. The van der Waals surface area contributed by atoms with Crippen molar-refractivity contribution in [1.29, 1.82) is 0 Å². The number of ether oxygens (including phenoxy) is 1. The van der Waals surface area contributed by atoms with Crippen LogP contribution in [0.1, 0.15) is 33.6 Å². The minimum Gasteiger partial charge on any atom is -0.385 e. The number of methoxy groups -OCH3 is 1. The maximum absolute atomic E-state index is 5.10. The van der Waals surface area contributed by atoms with E-state index in [2.05, 4.69) is 31.4 Å². The molecular weight excluding hydrogens is 188 g/mol. The Morgan fingerprint density at radius 2 is 1.73 bits per heavy atom. The minimum absolute atomic E-state index is 0.334. The van der Waals surface area contributed by atoms with Gasteiger partial charge in [0.05, 0.1) is 0 Å². The van der Waals surface area contributed by atoms with E-state index in [1.54, 1.807) is 7.11 Å². The van der Waals surface area contributed by atoms with Crippen molar-refractivity contribution in [2.75, 3.05) is 39.9 Å². The van der Waals surface area contributed by atoms with Crippen molar-refractivity contribution in [1.82, 2.24) is 10.6 Å². The molecule has 0 aliphatic heterocycles. The second-order valence-corrected chi connectivity index (χ2v) is 4.83. The zero-order valence-corrected chi connectivity index (χ0v) is 10.9. The van der Waals surface area contributed by atoms with Crippen LogP contribution in [0.4, 0.5) is 0 Å². The van der Waals surface area contributed by atoms with Gasteiger partial charge in [0.2, 0.25) is 0 Å². The van der Waals surface area contributed by atoms with Gasteiger partial charge in [0.1, 0.15) is 0 Å². The number of hydrogen-bond donors (Lipinski definition) is 2. The highest BCUT2D eigenvalue weighted by Gasteiger charge is 2.16. The number of hydrogen-bond acceptors (Lipinski definition) is 3. The Balaban J connectivity index is 3.32. The molecule has 0 aromatic heterocycles. The Morgan fingerprint density at radius 1 is 1.07 bits per heavy atom. The van der Waals surface area contributed by atoms with E-state index in [4.69, 9.17) is 4.74 Å². The van der Waals surface area contributed by atoms with Crippen molar-refractivity contribution >= 4 is 0 Å². The highest BCUT2D eigenvalue weighted by atomic mass is 16.5. The molecule has 0 heterocycles. The molecular formula is C12H28N2O. The van der Waals surface area contributed by atoms with E-state index >= 15 is 0 Å². The zero-order chi connectivity index (χ0) is 11.6. The van der Waals surface area contributed by atoms with Gasteiger partial charge in [0.25, 0.3) is 0 Å². The van der Waals surface area contributed by atoms with Gasteiger partial charge in [-0.3, -0.25) is 0 Å². The monoisotopic (exact) mass is 216 g/mol. The summed E-state index contributed by atoms with van der Waals surface area (Å²) < 4.78 is 5.10. The molecule has 0 aliphatic carbocycles. The summed E-state index contributed by atoms with van der Waals surface area (Å²) in [7, 11) is 1.76. The maximum Gasteiger partial charge on any atom is 0.0467 e. The van der Waals surface area contributed by atoms with Crippen LogP contribution in [-0.2, 0) is 4.74 Å². The van der Waals surface area contributed by atoms with Gasteiger partial charge in [-0.1, -0.05) is 20.8 Å². The highest BCUT2D eigenvalue weighted by Crippen LogP contribution is 2.18. The van der Waals surface area contributed by atoms with Crippen molar-refractivity contribution in [3.8, 4) is 0 Å². The molecule has 0 aromatic carbocycles. The SMILES string of the molecule is CCCNCCNCC(C)(C)CCOC. The Hall–Kier alpha value is -0.120. The summed E-state index contributed by atoms with van der Waals surface area (Å²) >= 11 is 0. The lowest BCUT2D eigenvalue weighted by atomic mass is 9.90. The van der Waals surface area contributed by atoms with Crippen LogP contribution < -0.4 is 10.6 Å². The summed E-state index contributed by atoms with van der Waals surface area (Å²) in [6.07, 6.45) is 2.32. The van der Waals surface area contributed by atoms with Gasteiger partial charge < -0.3 is 15.4 Å². The highest BCUT2D eigenvalue weighted by molar-refractivity contribution is 4.71. The maximum atomic E-state index is 5.10. The Bertz CT molecular complexity index is 138. The second-order valence-electron chi connectivity index (χ2n) is 4.83. The average Bonchev–Trinajstić information content (AvgIpc) is 2.20. The fourth-order valence-electron chi connectivity index (χ4n) is 1.37. The summed E-state index contributed by atoms with van der Waals surface area (Å²) in [5, 5.41) is 6.85. The van der Waals surface area contributed by atoms with E-state index in [0.29, 0.717) is 5.41 Å². The van der Waals surface area contributed by atoms with Crippen LogP contribution in [0, 0.1) is 5.41 Å². The molecule has 15 heavy (non-hydrogen) atoms. The lowest BCUT2D eigenvalue weighted by Crippen LogP contribution is -2.35. The van der Waals surface area contributed by atoms with E-state index in [0.717, 1.165) is 39.2 Å². The molecule has 0 fully saturated rings. The van der Waals surface area contributed by atoms with E-state index < -0.39 is 0 Å². The normalized spacial score (nSPS) is 12.0. The third-order valence-electron chi connectivity index (χ3n) is 2.49. The van der Waals surface area contributed by atoms with Crippen molar-refractivity contribution in [3.63, 3.8) is 0 Å². The fourth-order valence-corrected chi connectivity index (χ4v) is 1.37. The third kappa shape index (κ3) is 10.2. The first-order valence-electron chi connectivity index (χ1n) is 6.03. The molecule has 0 saturated carbocycles. The van der Waals surface area contributed by atoms with E-state index in [-0.39, 0.29) is 0 Å². The molecule has 0 saturated heterocycles. The number of rotatable bonds is 10. The number of nitrogens with one attached hydrogen (secondary N) is 2. The lowest BCUT2D eigenvalue weighted by Gasteiger charge is -2.24. The first kappa shape index (κ1) is 14.9. The van der Waals surface area contributed by atoms with Gasteiger partial charge in [-0.2, -0.15) is 0 Å². The van der Waals surface area contributed by atoms with Gasteiger partial charge in [0.15, 0.2) is 0 Å². The van der Waals surface area contributed by atoms with Gasteiger partial charge >= 0.3 is 0 Å². The standard InChI is InChI=1S/C12H28N2O/c1-5-7-13-8-9-14-11-12(2,3)6-10-15-4/h13-14H,5-11H2,1-4H3. The predicted octanol–water partition coefficient (Wildman–Crippen LogP) is 1.64. The van der Waals surface area contributed by atoms with E-state index in [1.807, 2.05) is 0 Å². The second kappa shape index (κ2) is 9.13. The Labute approximate surface area is 95.0 Å². The molecule has 0 aromatic rings. The van der Waals surface area contributed by atoms with Crippen LogP contribution in [0.25, 0.3) is 0 Å². The lowest BCUT2D eigenvalue weighted by molar-refractivity contribution is 0.151. The smallest absolute Gasteiger partial charge is 0.0467 e. The summed E-state index contributed by atoms with van der Waals surface area (Å²) in [5.41, 5.74) is 0.334. The van der Waals surface area contributed by atoms with Crippen molar-refractivity contribution in [2.45, 2.75) is 33.6 Å². The molecule has 3 nitrogen and oxygen atoms in total. The van der Waals surface area contributed by atoms with Crippen LogP contribution in [0.5, 0.6) is 0 Å². The molecule has 92 valence electrons. The van der Waals surface area contributed by atoms with Crippen LogP contribution in [0.3, 0.4) is 0 Å². The average molecular weight is 216 g/mol. The largest absolute Gasteiger partial charge is 0.385 e. The third-order valence-corrected chi connectivity index (χ3v) is 2.49. The first-order valence-corrected chi connectivity index (χ1v) is 6.03. The van der Waals surface area contributed by atoms with E-state index in [9.17, 15) is 0 Å².